The first-order chi connectivity index (χ1) is 18.2. The lowest BCUT2D eigenvalue weighted by molar-refractivity contribution is -0.384. The summed E-state index contributed by atoms with van der Waals surface area (Å²) in [7, 11) is -4.37. The van der Waals surface area contributed by atoms with Gasteiger partial charge >= 0.3 is 0 Å². The van der Waals surface area contributed by atoms with Crippen molar-refractivity contribution in [3.05, 3.63) is 112 Å². The van der Waals surface area contributed by atoms with E-state index >= 15 is 0 Å². The van der Waals surface area contributed by atoms with Gasteiger partial charge in [0, 0.05) is 40.6 Å². The molecule has 0 saturated heterocycles. The Bertz CT molecular complexity index is 1550. The number of nitrogens with one attached hydrogen (secondary N) is 2. The molecule has 4 aromatic rings. The SMILES string of the molecule is O=C(NS(=O)(=O)c1ccc(NCCSc2ccccc2)c([N+](=O)[O-])c1)c1ccc(-c2ccc(Cl)cn2)cc1. The Morgan fingerprint density at radius 2 is 1.74 bits per heavy atom. The molecular formula is C26H21ClN4O5S2. The van der Waals surface area contributed by atoms with Crippen LogP contribution in [0.2, 0.25) is 5.02 Å². The second-order valence-corrected chi connectivity index (χ2v) is 11.2. The number of sulfonamides is 1. The number of benzene rings is 3. The number of carbonyl (C=O) groups excluding carboxylic acids is 1. The van der Waals surface area contributed by atoms with Crippen molar-refractivity contribution in [3.63, 3.8) is 0 Å². The molecule has 194 valence electrons. The molecular weight excluding hydrogens is 548 g/mol. The highest BCUT2D eigenvalue weighted by Crippen LogP contribution is 2.28. The molecule has 1 aromatic heterocycles. The maximum absolute atomic E-state index is 12.8. The molecule has 0 unspecified atom stereocenters. The summed E-state index contributed by atoms with van der Waals surface area (Å²) in [6, 6.07) is 22.7. The summed E-state index contributed by atoms with van der Waals surface area (Å²) in [4.78, 5) is 28.5. The fraction of sp³-hybridized carbons (Fsp3) is 0.0769. The molecule has 2 N–H and O–H groups in total. The third kappa shape index (κ3) is 6.88. The largest absolute Gasteiger partial charge is 0.379 e. The molecule has 0 aliphatic carbocycles. The highest BCUT2D eigenvalue weighted by atomic mass is 35.5. The van der Waals surface area contributed by atoms with Crippen LogP contribution < -0.4 is 10.0 Å². The van der Waals surface area contributed by atoms with E-state index < -0.39 is 31.4 Å². The highest BCUT2D eigenvalue weighted by molar-refractivity contribution is 7.99. The third-order valence-corrected chi connectivity index (χ3v) is 7.87. The molecule has 0 aliphatic rings. The van der Waals surface area contributed by atoms with E-state index in [2.05, 4.69) is 10.3 Å². The van der Waals surface area contributed by atoms with Gasteiger partial charge in [-0.2, -0.15) is 0 Å². The van der Waals surface area contributed by atoms with Gasteiger partial charge in [-0.1, -0.05) is 41.9 Å². The first kappa shape index (κ1) is 27.1. The lowest BCUT2D eigenvalue weighted by atomic mass is 10.1. The van der Waals surface area contributed by atoms with Crippen molar-refractivity contribution < 1.29 is 18.1 Å². The quantitative estimate of drug-likeness (QED) is 0.109. The minimum absolute atomic E-state index is 0.0926. The highest BCUT2D eigenvalue weighted by Gasteiger charge is 2.24. The molecule has 0 aliphatic heterocycles. The topological polar surface area (TPSA) is 131 Å². The predicted octanol–water partition coefficient (Wildman–Crippen LogP) is 5.63. The number of nitro benzene ring substituents is 1. The smallest absolute Gasteiger partial charge is 0.293 e. The molecule has 12 heteroatoms. The number of halogens is 1. The number of nitro groups is 1. The predicted molar refractivity (Wildman–Crippen MR) is 148 cm³/mol. The Hall–Kier alpha value is -3.93. The number of anilines is 1. The van der Waals surface area contributed by atoms with E-state index in [1.165, 1.54) is 30.5 Å². The van der Waals surface area contributed by atoms with Gasteiger partial charge in [-0.3, -0.25) is 19.9 Å². The number of hydrogen-bond donors (Lipinski definition) is 2. The number of carbonyl (C=O) groups is 1. The van der Waals surface area contributed by atoms with E-state index in [1.807, 2.05) is 35.1 Å². The van der Waals surface area contributed by atoms with Gasteiger partial charge < -0.3 is 5.32 Å². The van der Waals surface area contributed by atoms with Gasteiger partial charge in [-0.25, -0.2) is 13.1 Å². The number of hydrogen-bond acceptors (Lipinski definition) is 8. The maximum Gasteiger partial charge on any atom is 0.293 e. The van der Waals surface area contributed by atoms with E-state index in [-0.39, 0.29) is 11.3 Å². The van der Waals surface area contributed by atoms with Crippen LogP contribution in [-0.2, 0) is 10.0 Å². The van der Waals surface area contributed by atoms with Gasteiger partial charge in [0.2, 0.25) is 0 Å². The van der Waals surface area contributed by atoms with Crippen LogP contribution in [0.5, 0.6) is 0 Å². The van der Waals surface area contributed by atoms with Crippen LogP contribution in [0.4, 0.5) is 11.4 Å². The molecule has 4 rings (SSSR count). The Morgan fingerprint density at radius 1 is 1.00 bits per heavy atom. The number of amides is 1. The van der Waals surface area contributed by atoms with Gasteiger partial charge in [0.15, 0.2) is 0 Å². The number of aromatic nitrogens is 1. The minimum atomic E-state index is -4.37. The standard InChI is InChI=1S/C26H21ClN4O5S2/c27-20-10-12-23(29-17-20)18-6-8-19(9-7-18)26(32)30-38(35,36)22-11-13-24(25(16-22)31(33)34)28-14-15-37-21-4-2-1-3-5-21/h1-13,16-17,28H,14-15H2,(H,30,32). The summed E-state index contributed by atoms with van der Waals surface area (Å²) in [6.07, 6.45) is 1.49. The monoisotopic (exact) mass is 568 g/mol. The number of thioether (sulfide) groups is 1. The summed E-state index contributed by atoms with van der Waals surface area (Å²) >= 11 is 7.43. The number of rotatable bonds is 10. The Balaban J connectivity index is 1.43. The lowest BCUT2D eigenvalue weighted by Crippen LogP contribution is -2.30. The van der Waals surface area contributed by atoms with Gasteiger partial charge in [-0.15, -0.1) is 11.8 Å². The Morgan fingerprint density at radius 3 is 2.39 bits per heavy atom. The van der Waals surface area contributed by atoms with Gasteiger partial charge in [0.1, 0.15) is 5.69 Å². The zero-order valence-electron chi connectivity index (χ0n) is 19.7. The summed E-state index contributed by atoms with van der Waals surface area (Å²) < 4.78 is 27.6. The zero-order valence-corrected chi connectivity index (χ0v) is 22.1. The van der Waals surface area contributed by atoms with Crippen molar-refractivity contribution in [3.8, 4) is 11.3 Å². The van der Waals surface area contributed by atoms with Crippen LogP contribution in [0, 0.1) is 10.1 Å². The van der Waals surface area contributed by atoms with E-state index in [0.717, 1.165) is 11.0 Å². The first-order valence-corrected chi connectivity index (χ1v) is 14.1. The minimum Gasteiger partial charge on any atom is -0.379 e. The molecule has 38 heavy (non-hydrogen) atoms. The van der Waals surface area contributed by atoms with Crippen LogP contribution in [0.1, 0.15) is 10.4 Å². The van der Waals surface area contributed by atoms with Gasteiger partial charge in [-0.05, 0) is 48.5 Å². The average molecular weight is 569 g/mol. The molecule has 1 amide bonds. The van der Waals surface area contributed by atoms with Gasteiger partial charge in [0.05, 0.1) is 20.5 Å². The number of pyridine rings is 1. The average Bonchev–Trinajstić information content (AvgIpc) is 2.92. The van der Waals surface area contributed by atoms with Crippen molar-refractivity contribution in [2.75, 3.05) is 17.6 Å². The van der Waals surface area contributed by atoms with Crippen molar-refractivity contribution in [1.82, 2.24) is 9.71 Å². The first-order valence-electron chi connectivity index (χ1n) is 11.2. The second kappa shape index (κ2) is 12.1. The van der Waals surface area contributed by atoms with E-state index in [1.54, 1.807) is 36.0 Å². The molecule has 0 radical (unpaired) electrons. The Kier molecular flexibility index (Phi) is 8.62. The molecule has 0 fully saturated rings. The van der Waals surface area contributed by atoms with Crippen molar-refractivity contribution >= 4 is 50.7 Å². The Labute approximate surface area is 228 Å². The summed E-state index contributed by atoms with van der Waals surface area (Å²) in [6.45, 7) is 0.421. The second-order valence-electron chi connectivity index (χ2n) is 7.90. The van der Waals surface area contributed by atoms with Crippen LogP contribution in [0.25, 0.3) is 11.3 Å². The molecule has 0 saturated carbocycles. The van der Waals surface area contributed by atoms with E-state index in [0.29, 0.717) is 28.6 Å². The molecule has 0 atom stereocenters. The van der Waals surface area contributed by atoms with Crippen LogP contribution >= 0.6 is 23.4 Å². The fourth-order valence-electron chi connectivity index (χ4n) is 3.43. The molecule has 0 spiro atoms. The van der Waals surface area contributed by atoms with Crippen LogP contribution in [-0.4, -0.2) is 36.5 Å². The van der Waals surface area contributed by atoms with Crippen molar-refractivity contribution in [1.29, 1.82) is 0 Å². The fourth-order valence-corrected chi connectivity index (χ4v) is 5.32. The summed E-state index contributed by atoms with van der Waals surface area (Å²) in [5.74, 6) is -0.229. The van der Waals surface area contributed by atoms with Gasteiger partial charge in [0.25, 0.3) is 21.6 Å². The van der Waals surface area contributed by atoms with Crippen LogP contribution in [0.15, 0.2) is 101 Å². The van der Waals surface area contributed by atoms with E-state index in [9.17, 15) is 23.3 Å². The molecule has 1 heterocycles. The molecule has 3 aromatic carbocycles. The third-order valence-electron chi connectivity index (χ3n) is 5.30. The maximum atomic E-state index is 12.8. The zero-order chi connectivity index (χ0) is 27.1. The molecule has 9 nitrogen and oxygen atoms in total. The van der Waals surface area contributed by atoms with Crippen LogP contribution in [0.3, 0.4) is 0 Å². The van der Waals surface area contributed by atoms with Crippen molar-refractivity contribution in [2.24, 2.45) is 0 Å². The van der Waals surface area contributed by atoms with E-state index in [4.69, 9.17) is 11.6 Å². The van der Waals surface area contributed by atoms with Crippen molar-refractivity contribution in [2.45, 2.75) is 9.79 Å². The lowest BCUT2D eigenvalue weighted by Gasteiger charge is -2.10. The summed E-state index contributed by atoms with van der Waals surface area (Å²) in [5, 5.41) is 15.1. The number of nitrogens with zero attached hydrogens (tertiary/aromatic N) is 2. The summed E-state index contributed by atoms with van der Waals surface area (Å²) in [5.41, 5.74) is 1.20. The molecule has 0 bridgehead atoms. The normalized spacial score (nSPS) is 11.1.